The topological polar surface area (TPSA) is 24.5 Å². The molecule has 2 aliphatic heterocycles. The van der Waals surface area contributed by atoms with Crippen molar-refractivity contribution in [1.29, 1.82) is 0 Å². The van der Waals surface area contributed by atoms with Crippen molar-refractivity contribution in [3.63, 3.8) is 0 Å². The van der Waals surface area contributed by atoms with E-state index in [0.29, 0.717) is 6.10 Å². The fourth-order valence-electron chi connectivity index (χ4n) is 4.13. The van der Waals surface area contributed by atoms with E-state index in [1.165, 1.54) is 70.9 Å². The van der Waals surface area contributed by atoms with E-state index in [1.54, 1.807) is 0 Å². The third-order valence-corrected chi connectivity index (χ3v) is 5.26. The molecule has 1 N–H and O–H groups in total. The molecule has 0 aromatic rings. The molecule has 110 valence electrons. The van der Waals surface area contributed by atoms with Crippen LogP contribution in [0.2, 0.25) is 0 Å². The predicted molar refractivity (Wildman–Crippen MR) is 78.4 cm³/mol. The van der Waals surface area contributed by atoms with Gasteiger partial charge in [-0.25, -0.2) is 0 Å². The lowest BCUT2D eigenvalue weighted by molar-refractivity contribution is 0.0280. The molecule has 1 saturated carbocycles. The highest BCUT2D eigenvalue weighted by Gasteiger charge is 2.31. The summed E-state index contributed by atoms with van der Waals surface area (Å²) in [6.45, 7) is 4.62. The number of ether oxygens (including phenoxy) is 1. The van der Waals surface area contributed by atoms with Crippen LogP contribution in [0.4, 0.5) is 0 Å². The number of nitrogens with zero attached hydrogens (tertiary/aromatic N) is 1. The minimum absolute atomic E-state index is 0.562. The summed E-state index contributed by atoms with van der Waals surface area (Å²) in [7, 11) is 0. The van der Waals surface area contributed by atoms with Gasteiger partial charge >= 0.3 is 0 Å². The molecular weight excluding hydrogens is 236 g/mol. The number of hydrogen-bond acceptors (Lipinski definition) is 3. The van der Waals surface area contributed by atoms with Gasteiger partial charge in [0.05, 0.1) is 12.7 Å². The molecule has 0 amide bonds. The van der Waals surface area contributed by atoms with Gasteiger partial charge in [-0.3, -0.25) is 0 Å². The molecule has 3 heteroatoms. The maximum absolute atomic E-state index is 5.99. The molecule has 3 aliphatic rings. The average Bonchev–Trinajstić information content (AvgIpc) is 2.92. The smallest absolute Gasteiger partial charge is 0.0594 e. The van der Waals surface area contributed by atoms with Crippen LogP contribution in [0, 0.1) is 0 Å². The van der Waals surface area contributed by atoms with E-state index in [4.69, 9.17) is 4.74 Å². The Morgan fingerprint density at radius 2 is 1.84 bits per heavy atom. The van der Waals surface area contributed by atoms with Crippen LogP contribution in [0.25, 0.3) is 0 Å². The summed E-state index contributed by atoms with van der Waals surface area (Å²) < 4.78 is 5.99. The number of rotatable bonds is 5. The molecule has 0 radical (unpaired) electrons. The lowest BCUT2D eigenvalue weighted by Gasteiger charge is -2.35. The molecule has 3 rings (SSSR count). The predicted octanol–water partition coefficient (Wildman–Crippen LogP) is 2.55. The highest BCUT2D eigenvalue weighted by molar-refractivity contribution is 4.89. The van der Waals surface area contributed by atoms with E-state index in [2.05, 4.69) is 10.2 Å². The molecule has 2 saturated heterocycles. The van der Waals surface area contributed by atoms with Gasteiger partial charge in [0.2, 0.25) is 0 Å². The average molecular weight is 266 g/mol. The van der Waals surface area contributed by atoms with E-state index in [-0.39, 0.29) is 0 Å². The first kappa shape index (κ1) is 13.8. The number of piperidine rings is 1. The molecule has 2 unspecified atom stereocenters. The molecule has 1 aliphatic carbocycles. The van der Waals surface area contributed by atoms with Crippen molar-refractivity contribution in [3.8, 4) is 0 Å². The molecule has 19 heavy (non-hydrogen) atoms. The molecule has 3 nitrogen and oxygen atoms in total. The summed E-state index contributed by atoms with van der Waals surface area (Å²) in [5, 5.41) is 3.72. The first-order valence-electron chi connectivity index (χ1n) is 8.51. The van der Waals surface area contributed by atoms with Crippen LogP contribution in [0.15, 0.2) is 0 Å². The minimum Gasteiger partial charge on any atom is -0.377 e. The third kappa shape index (κ3) is 3.93. The molecule has 0 spiro atoms. The fourth-order valence-corrected chi connectivity index (χ4v) is 4.13. The van der Waals surface area contributed by atoms with E-state index in [0.717, 1.165) is 25.2 Å². The van der Waals surface area contributed by atoms with Crippen LogP contribution >= 0.6 is 0 Å². The van der Waals surface area contributed by atoms with Crippen molar-refractivity contribution in [2.24, 2.45) is 0 Å². The maximum atomic E-state index is 5.99. The lowest BCUT2D eigenvalue weighted by atomic mass is 9.97. The van der Waals surface area contributed by atoms with E-state index in [1.807, 2.05) is 0 Å². The van der Waals surface area contributed by atoms with Crippen molar-refractivity contribution < 1.29 is 4.74 Å². The maximum Gasteiger partial charge on any atom is 0.0594 e. The highest BCUT2D eigenvalue weighted by Crippen LogP contribution is 2.26. The zero-order valence-corrected chi connectivity index (χ0v) is 12.3. The summed E-state index contributed by atoms with van der Waals surface area (Å²) in [6.07, 6.45) is 12.9. The van der Waals surface area contributed by atoms with Gasteiger partial charge in [-0.05, 0) is 51.6 Å². The van der Waals surface area contributed by atoms with Crippen molar-refractivity contribution in [1.82, 2.24) is 10.2 Å². The Morgan fingerprint density at radius 3 is 2.74 bits per heavy atom. The SMILES string of the molecule is C1CCC(OCCNC2CCN3CCCC3C2)CC1. The summed E-state index contributed by atoms with van der Waals surface area (Å²) in [5.74, 6) is 0. The zero-order chi connectivity index (χ0) is 12.9. The Labute approximate surface area is 118 Å². The zero-order valence-electron chi connectivity index (χ0n) is 12.3. The van der Waals surface area contributed by atoms with Crippen LogP contribution in [0.3, 0.4) is 0 Å². The molecular formula is C16H30N2O. The van der Waals surface area contributed by atoms with Crippen molar-refractivity contribution in [2.75, 3.05) is 26.2 Å². The Bertz CT molecular complexity index is 265. The molecule has 0 bridgehead atoms. The van der Waals surface area contributed by atoms with E-state index < -0.39 is 0 Å². The molecule has 3 fully saturated rings. The van der Waals surface area contributed by atoms with Crippen LogP contribution in [-0.2, 0) is 4.74 Å². The van der Waals surface area contributed by atoms with Crippen LogP contribution in [0.1, 0.15) is 57.8 Å². The second kappa shape index (κ2) is 7.05. The molecule has 0 aromatic heterocycles. The van der Waals surface area contributed by atoms with Crippen molar-refractivity contribution in [2.45, 2.75) is 76.0 Å². The number of fused-ring (bicyclic) bond motifs is 1. The molecule has 2 heterocycles. The van der Waals surface area contributed by atoms with Gasteiger partial charge < -0.3 is 15.0 Å². The Kier molecular flexibility index (Phi) is 5.14. The van der Waals surface area contributed by atoms with Crippen molar-refractivity contribution in [3.05, 3.63) is 0 Å². The van der Waals surface area contributed by atoms with Crippen LogP contribution < -0.4 is 5.32 Å². The lowest BCUT2D eigenvalue weighted by Crippen LogP contribution is -2.46. The largest absolute Gasteiger partial charge is 0.377 e. The third-order valence-electron chi connectivity index (χ3n) is 5.26. The van der Waals surface area contributed by atoms with Gasteiger partial charge in [-0.1, -0.05) is 19.3 Å². The van der Waals surface area contributed by atoms with Gasteiger partial charge in [0.15, 0.2) is 0 Å². The van der Waals surface area contributed by atoms with Crippen molar-refractivity contribution >= 4 is 0 Å². The van der Waals surface area contributed by atoms with Crippen LogP contribution in [-0.4, -0.2) is 49.3 Å². The number of hydrogen-bond donors (Lipinski definition) is 1. The minimum atomic E-state index is 0.562. The molecule has 0 aromatic carbocycles. The molecule has 2 atom stereocenters. The second-order valence-electron chi connectivity index (χ2n) is 6.64. The standard InChI is InChI=1S/C16H30N2O/c1-2-6-16(7-3-1)19-12-9-17-14-8-11-18-10-4-5-15(18)13-14/h14-17H,1-13H2. The van der Waals surface area contributed by atoms with E-state index in [9.17, 15) is 0 Å². The summed E-state index contributed by atoms with van der Waals surface area (Å²) in [4.78, 5) is 2.69. The fraction of sp³-hybridized carbons (Fsp3) is 1.00. The number of nitrogens with one attached hydrogen (secondary N) is 1. The van der Waals surface area contributed by atoms with Gasteiger partial charge in [-0.2, -0.15) is 0 Å². The highest BCUT2D eigenvalue weighted by atomic mass is 16.5. The normalized spacial score (nSPS) is 33.5. The summed E-state index contributed by atoms with van der Waals surface area (Å²) in [6, 6.07) is 1.62. The monoisotopic (exact) mass is 266 g/mol. The quantitative estimate of drug-likeness (QED) is 0.774. The summed E-state index contributed by atoms with van der Waals surface area (Å²) in [5.41, 5.74) is 0. The first-order valence-corrected chi connectivity index (χ1v) is 8.51. The van der Waals surface area contributed by atoms with E-state index >= 15 is 0 Å². The Balaban J connectivity index is 1.27. The van der Waals surface area contributed by atoms with Gasteiger partial charge in [0.1, 0.15) is 0 Å². The van der Waals surface area contributed by atoms with Gasteiger partial charge in [-0.15, -0.1) is 0 Å². The Hall–Kier alpha value is -0.120. The first-order chi connectivity index (χ1) is 9.42. The van der Waals surface area contributed by atoms with Crippen LogP contribution in [0.5, 0.6) is 0 Å². The second-order valence-corrected chi connectivity index (χ2v) is 6.64. The Morgan fingerprint density at radius 1 is 0.947 bits per heavy atom. The van der Waals surface area contributed by atoms with Gasteiger partial charge in [0.25, 0.3) is 0 Å². The van der Waals surface area contributed by atoms with Gasteiger partial charge in [0, 0.05) is 18.6 Å². The summed E-state index contributed by atoms with van der Waals surface area (Å²) >= 11 is 0.